The first-order valence-electron chi connectivity index (χ1n) is 11.7. The number of nitrogens with zero attached hydrogens (tertiary/aromatic N) is 5. The molecule has 2 aromatic heterocycles. The molecule has 1 aliphatic rings. The number of aromatic nitrogens is 4. The van der Waals surface area contributed by atoms with Gasteiger partial charge in [0.25, 0.3) is 0 Å². The van der Waals surface area contributed by atoms with Crippen molar-refractivity contribution >= 4 is 29.5 Å². The van der Waals surface area contributed by atoms with Crippen LogP contribution in [0.25, 0.3) is 22.3 Å². The van der Waals surface area contributed by atoms with Crippen LogP contribution in [0.5, 0.6) is 11.5 Å². The molecule has 3 heterocycles. The highest BCUT2D eigenvalue weighted by atomic mass is 32.1. The van der Waals surface area contributed by atoms with Crippen LogP contribution < -0.4 is 10.5 Å². The molecule has 0 radical (unpaired) electrons. The zero-order chi connectivity index (χ0) is 24.6. The predicted octanol–water partition coefficient (Wildman–Crippen LogP) is 5.16. The van der Waals surface area contributed by atoms with Gasteiger partial charge in [-0.15, -0.1) is 0 Å². The normalized spacial score (nSPS) is 19.2. The molecule has 5 rings (SSSR count). The van der Waals surface area contributed by atoms with Crippen LogP contribution in [0.1, 0.15) is 26.3 Å². The zero-order valence-electron chi connectivity index (χ0n) is 19.8. The first-order chi connectivity index (χ1) is 16.9. The number of likely N-dealkylation sites (tertiary alicyclic amines) is 1. The number of halogens is 1. The molecular weight excluding hydrogens is 463 g/mol. The Kier molecular flexibility index (Phi) is 6.37. The first kappa shape index (κ1) is 23.6. The summed E-state index contributed by atoms with van der Waals surface area (Å²) in [6.45, 7) is 5.25. The molecule has 4 aromatic rings. The molecule has 9 heteroatoms. The van der Waals surface area contributed by atoms with E-state index in [-0.39, 0.29) is 5.54 Å². The first-order valence-corrected chi connectivity index (χ1v) is 12.3. The molecule has 0 spiro atoms. The summed E-state index contributed by atoms with van der Waals surface area (Å²) >= 11 is 4.45. The van der Waals surface area contributed by atoms with E-state index in [1.54, 1.807) is 4.68 Å². The minimum absolute atomic E-state index is 0.175. The van der Waals surface area contributed by atoms with Crippen molar-refractivity contribution in [3.8, 4) is 22.8 Å². The summed E-state index contributed by atoms with van der Waals surface area (Å²) < 4.78 is 23.1. The maximum absolute atomic E-state index is 15.5. The number of ether oxygens (including phenoxy) is 1. The molecular formula is C26H29FN6OS. The van der Waals surface area contributed by atoms with Gasteiger partial charge in [-0.2, -0.15) is 17.7 Å². The second-order valence-electron chi connectivity index (χ2n) is 9.48. The number of hydrogen-bond donors (Lipinski definition) is 2. The number of piperidine rings is 1. The van der Waals surface area contributed by atoms with Crippen LogP contribution in [0.4, 0.5) is 10.2 Å². The molecule has 0 saturated carbocycles. The number of thiol groups is 1. The van der Waals surface area contributed by atoms with Gasteiger partial charge < -0.3 is 10.5 Å². The molecule has 1 saturated heterocycles. The Bertz CT molecular complexity index is 1310. The van der Waals surface area contributed by atoms with Crippen molar-refractivity contribution in [1.29, 1.82) is 0 Å². The molecule has 182 valence electrons. The van der Waals surface area contributed by atoms with Crippen LogP contribution in [-0.2, 0) is 0 Å². The molecule has 0 bridgehead atoms. The van der Waals surface area contributed by atoms with E-state index in [9.17, 15) is 0 Å². The fraction of sp³-hybridized carbons (Fsp3) is 0.346. The summed E-state index contributed by atoms with van der Waals surface area (Å²) in [6.07, 6.45) is 0.919. The lowest BCUT2D eigenvalue weighted by Crippen LogP contribution is -2.53. The van der Waals surface area contributed by atoms with E-state index in [1.807, 2.05) is 54.6 Å². The molecule has 2 atom stereocenters. The van der Waals surface area contributed by atoms with Gasteiger partial charge in [0.1, 0.15) is 35.5 Å². The van der Waals surface area contributed by atoms with Crippen LogP contribution in [0, 0.1) is 0 Å². The summed E-state index contributed by atoms with van der Waals surface area (Å²) in [5.74, 6) is 2.45. The standard InChI is InChI=1S/C26H29FN6OS/c1-26(2,15-35)32-13-12-21(20(27)14-32)33-25-22(24(28)29-16-30-25)23(31-33)17-8-10-19(11-9-17)34-18-6-4-3-5-7-18/h3-11,16,20-21,35H,12-15H2,1-2H3,(H2,28,29,30)/t20-,21+/m1/s1. The van der Waals surface area contributed by atoms with Crippen LogP contribution in [-0.4, -0.2) is 55.2 Å². The van der Waals surface area contributed by atoms with Gasteiger partial charge in [0.05, 0.1) is 11.4 Å². The van der Waals surface area contributed by atoms with E-state index in [0.717, 1.165) is 17.9 Å². The van der Waals surface area contributed by atoms with Crippen LogP contribution >= 0.6 is 12.6 Å². The zero-order valence-corrected chi connectivity index (χ0v) is 20.7. The second kappa shape index (κ2) is 9.47. The molecule has 2 N–H and O–H groups in total. The summed E-state index contributed by atoms with van der Waals surface area (Å²) in [5.41, 5.74) is 8.10. The lowest BCUT2D eigenvalue weighted by atomic mass is 9.96. The number of nitrogen functional groups attached to an aromatic ring is 1. The smallest absolute Gasteiger partial charge is 0.164 e. The van der Waals surface area contributed by atoms with Gasteiger partial charge in [-0.05, 0) is 56.7 Å². The molecule has 2 aromatic carbocycles. The van der Waals surface area contributed by atoms with Crippen LogP contribution in [0.3, 0.4) is 0 Å². The lowest BCUT2D eigenvalue weighted by Gasteiger charge is -2.43. The molecule has 0 aliphatic carbocycles. The Morgan fingerprint density at radius 2 is 1.80 bits per heavy atom. The lowest BCUT2D eigenvalue weighted by molar-refractivity contribution is 0.0320. The van der Waals surface area contributed by atoms with E-state index in [0.29, 0.717) is 47.0 Å². The number of nitrogens with two attached hydrogens (primary N) is 1. The highest BCUT2D eigenvalue weighted by molar-refractivity contribution is 7.80. The fourth-order valence-corrected chi connectivity index (χ4v) is 4.75. The van der Waals surface area contributed by atoms with Crippen LogP contribution in [0.15, 0.2) is 60.9 Å². The Labute approximate surface area is 209 Å². The SMILES string of the molecule is CC(C)(CS)N1CC[C@H](n2nc(-c3ccc(Oc4ccccc4)cc3)c3c(N)ncnc32)[C@H](F)C1. The molecule has 1 fully saturated rings. The predicted molar refractivity (Wildman–Crippen MR) is 140 cm³/mol. The van der Waals surface area contributed by atoms with Crippen LogP contribution in [0.2, 0.25) is 0 Å². The highest BCUT2D eigenvalue weighted by Crippen LogP contribution is 2.37. The van der Waals surface area contributed by atoms with Gasteiger partial charge in [0, 0.05) is 29.9 Å². The number of benzene rings is 2. The number of alkyl halides is 1. The van der Waals surface area contributed by atoms with Crippen molar-refractivity contribution in [2.75, 3.05) is 24.6 Å². The Morgan fingerprint density at radius 1 is 1.09 bits per heavy atom. The van der Waals surface area contributed by atoms with Gasteiger partial charge in [0.2, 0.25) is 0 Å². The number of hydrogen-bond acceptors (Lipinski definition) is 7. The third-order valence-corrected chi connectivity index (χ3v) is 7.46. The Hall–Kier alpha value is -3.17. The second-order valence-corrected chi connectivity index (χ2v) is 9.79. The molecule has 35 heavy (non-hydrogen) atoms. The highest BCUT2D eigenvalue weighted by Gasteiger charge is 2.38. The fourth-order valence-electron chi connectivity index (χ4n) is 4.55. The average Bonchev–Trinajstić information content (AvgIpc) is 3.26. The minimum Gasteiger partial charge on any atom is -0.457 e. The molecule has 7 nitrogen and oxygen atoms in total. The maximum Gasteiger partial charge on any atom is 0.164 e. The van der Waals surface area contributed by atoms with Gasteiger partial charge in [0.15, 0.2) is 5.65 Å². The molecule has 0 unspecified atom stereocenters. The van der Waals surface area contributed by atoms with Crippen molar-refractivity contribution in [3.63, 3.8) is 0 Å². The van der Waals surface area contributed by atoms with Crippen molar-refractivity contribution in [2.45, 2.75) is 38.0 Å². The van der Waals surface area contributed by atoms with E-state index in [4.69, 9.17) is 15.6 Å². The van der Waals surface area contributed by atoms with E-state index >= 15 is 4.39 Å². The van der Waals surface area contributed by atoms with E-state index < -0.39 is 12.2 Å². The number of anilines is 1. The van der Waals surface area contributed by atoms with E-state index in [2.05, 4.69) is 41.3 Å². The van der Waals surface area contributed by atoms with Crippen molar-refractivity contribution < 1.29 is 9.13 Å². The van der Waals surface area contributed by atoms with Crippen molar-refractivity contribution in [1.82, 2.24) is 24.6 Å². The van der Waals surface area contributed by atoms with Crippen molar-refractivity contribution in [3.05, 3.63) is 60.9 Å². The third-order valence-electron chi connectivity index (χ3n) is 6.69. The monoisotopic (exact) mass is 492 g/mol. The average molecular weight is 493 g/mol. The van der Waals surface area contributed by atoms with Gasteiger partial charge in [-0.1, -0.05) is 18.2 Å². The summed E-state index contributed by atoms with van der Waals surface area (Å²) in [4.78, 5) is 10.8. The topological polar surface area (TPSA) is 82.1 Å². The molecule has 1 aliphatic heterocycles. The maximum atomic E-state index is 15.5. The molecule has 0 amide bonds. The van der Waals surface area contributed by atoms with Gasteiger partial charge in [-0.3, -0.25) is 4.90 Å². The van der Waals surface area contributed by atoms with Gasteiger partial charge in [-0.25, -0.2) is 19.0 Å². The quantitative estimate of drug-likeness (QED) is 0.362. The minimum atomic E-state index is -1.10. The summed E-state index contributed by atoms with van der Waals surface area (Å²) in [7, 11) is 0. The van der Waals surface area contributed by atoms with Gasteiger partial charge >= 0.3 is 0 Å². The Morgan fingerprint density at radius 3 is 2.49 bits per heavy atom. The number of para-hydroxylation sites is 1. The van der Waals surface area contributed by atoms with E-state index in [1.165, 1.54) is 6.33 Å². The summed E-state index contributed by atoms with van der Waals surface area (Å²) in [6, 6.07) is 16.7. The summed E-state index contributed by atoms with van der Waals surface area (Å²) in [5, 5.41) is 5.47. The number of fused-ring (bicyclic) bond motifs is 1. The number of rotatable bonds is 6. The third kappa shape index (κ3) is 4.58. The Balaban J connectivity index is 1.47. The van der Waals surface area contributed by atoms with Crippen molar-refractivity contribution in [2.24, 2.45) is 0 Å². The largest absolute Gasteiger partial charge is 0.457 e.